The fourth-order valence-corrected chi connectivity index (χ4v) is 2.28. The zero-order chi connectivity index (χ0) is 13.8. The number of carbonyl (C=O) groups excluding carboxylic acids is 1. The van der Waals surface area contributed by atoms with E-state index in [4.69, 9.17) is 4.42 Å². The van der Waals surface area contributed by atoms with Crippen molar-refractivity contribution in [3.8, 4) is 11.1 Å². The van der Waals surface area contributed by atoms with Crippen molar-refractivity contribution in [3.05, 3.63) is 83.8 Å². The molecule has 0 spiro atoms. The molecule has 0 aliphatic rings. The summed E-state index contributed by atoms with van der Waals surface area (Å²) in [5.41, 5.74) is 3.21. The minimum absolute atomic E-state index is 0.370. The van der Waals surface area contributed by atoms with E-state index in [1.54, 1.807) is 6.07 Å². The summed E-state index contributed by atoms with van der Waals surface area (Å²) in [7, 11) is 0. The van der Waals surface area contributed by atoms with Gasteiger partial charge in [0.15, 0.2) is 12.0 Å². The molecule has 3 aromatic rings. The molecule has 1 aromatic heterocycles. The molecule has 0 aliphatic carbocycles. The maximum absolute atomic E-state index is 11.0. The largest absolute Gasteiger partial charge is 0.457 e. The first-order valence-electron chi connectivity index (χ1n) is 6.54. The van der Waals surface area contributed by atoms with E-state index in [2.05, 4.69) is 12.1 Å². The maximum atomic E-state index is 11.0. The van der Waals surface area contributed by atoms with Gasteiger partial charge in [0.05, 0.1) is 0 Å². The number of aldehydes is 1. The Morgan fingerprint density at radius 2 is 1.55 bits per heavy atom. The summed E-state index contributed by atoms with van der Waals surface area (Å²) in [6.07, 6.45) is 1.43. The van der Waals surface area contributed by atoms with E-state index in [0.29, 0.717) is 12.2 Å². The van der Waals surface area contributed by atoms with E-state index in [1.165, 1.54) is 0 Å². The van der Waals surface area contributed by atoms with E-state index in [9.17, 15) is 4.79 Å². The van der Waals surface area contributed by atoms with Gasteiger partial charge in [0, 0.05) is 12.0 Å². The van der Waals surface area contributed by atoms with Crippen LogP contribution in [0.3, 0.4) is 0 Å². The van der Waals surface area contributed by atoms with Gasteiger partial charge in [0.1, 0.15) is 5.76 Å². The molecule has 0 fully saturated rings. The first kappa shape index (κ1) is 12.4. The highest BCUT2D eigenvalue weighted by atomic mass is 16.3. The normalized spacial score (nSPS) is 10.4. The lowest BCUT2D eigenvalue weighted by Gasteiger charge is -2.03. The van der Waals surface area contributed by atoms with E-state index < -0.39 is 0 Å². The molecule has 0 unspecified atom stereocenters. The average molecular weight is 262 g/mol. The molecule has 0 N–H and O–H groups in total. The van der Waals surface area contributed by atoms with Gasteiger partial charge in [-0.05, 0) is 17.2 Å². The number of benzene rings is 2. The predicted octanol–water partition coefficient (Wildman–Crippen LogP) is 4.35. The van der Waals surface area contributed by atoms with Crippen LogP contribution in [0, 0.1) is 0 Å². The number of hydrogen-bond donors (Lipinski definition) is 0. The zero-order valence-corrected chi connectivity index (χ0v) is 11.0. The molecule has 0 bridgehead atoms. The third-order valence-corrected chi connectivity index (χ3v) is 3.24. The Kier molecular flexibility index (Phi) is 3.46. The lowest BCUT2D eigenvalue weighted by Crippen LogP contribution is -1.88. The van der Waals surface area contributed by atoms with Gasteiger partial charge in [-0.2, -0.15) is 0 Å². The third-order valence-electron chi connectivity index (χ3n) is 3.24. The Balaban J connectivity index is 2.02. The van der Waals surface area contributed by atoms with Gasteiger partial charge >= 0.3 is 0 Å². The van der Waals surface area contributed by atoms with Crippen LogP contribution in [0.1, 0.15) is 21.9 Å². The van der Waals surface area contributed by atoms with Crippen molar-refractivity contribution < 1.29 is 9.21 Å². The molecule has 0 radical (unpaired) electrons. The molecule has 2 heteroatoms. The molecule has 2 nitrogen and oxygen atoms in total. The fourth-order valence-electron chi connectivity index (χ4n) is 2.28. The molecule has 20 heavy (non-hydrogen) atoms. The van der Waals surface area contributed by atoms with Gasteiger partial charge < -0.3 is 4.42 Å². The highest BCUT2D eigenvalue weighted by Gasteiger charge is 2.12. The number of furan rings is 1. The Hall–Kier alpha value is -2.61. The van der Waals surface area contributed by atoms with Crippen LogP contribution in [0.25, 0.3) is 11.1 Å². The molecule has 2 aromatic carbocycles. The lowest BCUT2D eigenvalue weighted by atomic mass is 10.0. The molecule has 0 atom stereocenters. The summed E-state index contributed by atoms with van der Waals surface area (Å²) in [5.74, 6) is 1.19. The Morgan fingerprint density at radius 3 is 2.20 bits per heavy atom. The van der Waals surface area contributed by atoms with Gasteiger partial charge in [-0.25, -0.2) is 0 Å². The van der Waals surface area contributed by atoms with Gasteiger partial charge in [0.2, 0.25) is 0 Å². The van der Waals surface area contributed by atoms with Crippen LogP contribution in [-0.4, -0.2) is 6.29 Å². The smallest absolute Gasteiger partial charge is 0.185 e. The van der Waals surface area contributed by atoms with Crippen molar-refractivity contribution in [2.24, 2.45) is 0 Å². The van der Waals surface area contributed by atoms with Crippen molar-refractivity contribution in [3.63, 3.8) is 0 Å². The molecule has 0 saturated heterocycles. The van der Waals surface area contributed by atoms with Crippen molar-refractivity contribution in [1.82, 2.24) is 0 Å². The number of rotatable bonds is 4. The van der Waals surface area contributed by atoms with E-state index in [-0.39, 0.29) is 0 Å². The molecule has 0 amide bonds. The fraction of sp³-hybridized carbons (Fsp3) is 0.0556. The first-order valence-corrected chi connectivity index (χ1v) is 6.54. The minimum Gasteiger partial charge on any atom is -0.457 e. The van der Waals surface area contributed by atoms with Crippen molar-refractivity contribution in [1.29, 1.82) is 0 Å². The van der Waals surface area contributed by atoms with Gasteiger partial charge in [-0.3, -0.25) is 4.79 Å². The average Bonchev–Trinajstić information content (AvgIpc) is 2.92. The quantitative estimate of drug-likeness (QED) is 0.654. The zero-order valence-electron chi connectivity index (χ0n) is 11.0. The number of hydrogen-bond acceptors (Lipinski definition) is 2. The van der Waals surface area contributed by atoms with Crippen LogP contribution in [0.2, 0.25) is 0 Å². The molecule has 3 rings (SSSR count). The summed E-state index contributed by atoms with van der Waals surface area (Å²) >= 11 is 0. The number of carbonyl (C=O) groups is 1. The molecule has 0 aliphatic heterocycles. The first-order chi connectivity index (χ1) is 9.86. The van der Waals surface area contributed by atoms with Crippen LogP contribution in [0.15, 0.2) is 71.1 Å². The second-order valence-electron chi connectivity index (χ2n) is 4.63. The van der Waals surface area contributed by atoms with Crippen LogP contribution in [0.5, 0.6) is 0 Å². The van der Waals surface area contributed by atoms with Gasteiger partial charge in [-0.1, -0.05) is 60.7 Å². The van der Waals surface area contributed by atoms with Gasteiger partial charge in [0.25, 0.3) is 0 Å². The molecule has 0 saturated carbocycles. The van der Waals surface area contributed by atoms with E-state index >= 15 is 0 Å². The Labute approximate surface area is 117 Å². The second-order valence-corrected chi connectivity index (χ2v) is 4.63. The van der Waals surface area contributed by atoms with E-state index in [0.717, 1.165) is 28.7 Å². The van der Waals surface area contributed by atoms with E-state index in [1.807, 2.05) is 48.5 Å². The lowest BCUT2D eigenvalue weighted by molar-refractivity contribution is 0.109. The summed E-state index contributed by atoms with van der Waals surface area (Å²) < 4.78 is 5.65. The van der Waals surface area contributed by atoms with Crippen LogP contribution >= 0.6 is 0 Å². The van der Waals surface area contributed by atoms with Crippen LogP contribution < -0.4 is 0 Å². The second kappa shape index (κ2) is 5.57. The molecule has 98 valence electrons. The minimum atomic E-state index is 0.370. The van der Waals surface area contributed by atoms with Crippen LogP contribution in [0.4, 0.5) is 0 Å². The van der Waals surface area contributed by atoms with Crippen molar-refractivity contribution >= 4 is 6.29 Å². The predicted molar refractivity (Wildman–Crippen MR) is 78.8 cm³/mol. The van der Waals surface area contributed by atoms with Crippen molar-refractivity contribution in [2.45, 2.75) is 6.42 Å². The summed E-state index contributed by atoms with van der Waals surface area (Å²) in [5, 5.41) is 0. The standard InChI is InChI=1S/C18H14O2/c19-13-16-12-17(15-9-5-2-6-10-15)18(20-16)11-14-7-3-1-4-8-14/h1-10,12-13H,11H2. The summed E-state index contributed by atoms with van der Waals surface area (Å²) in [4.78, 5) is 11.0. The summed E-state index contributed by atoms with van der Waals surface area (Å²) in [6, 6.07) is 21.9. The third kappa shape index (κ3) is 2.54. The Morgan fingerprint density at radius 1 is 0.900 bits per heavy atom. The molecular weight excluding hydrogens is 248 g/mol. The summed E-state index contributed by atoms with van der Waals surface area (Å²) in [6.45, 7) is 0. The van der Waals surface area contributed by atoms with Crippen molar-refractivity contribution in [2.75, 3.05) is 0 Å². The Bertz CT molecular complexity index is 697. The monoisotopic (exact) mass is 262 g/mol. The highest BCUT2D eigenvalue weighted by Crippen LogP contribution is 2.28. The SMILES string of the molecule is O=Cc1cc(-c2ccccc2)c(Cc2ccccc2)o1. The highest BCUT2D eigenvalue weighted by molar-refractivity contribution is 5.77. The topological polar surface area (TPSA) is 30.2 Å². The maximum Gasteiger partial charge on any atom is 0.185 e. The van der Waals surface area contributed by atoms with Crippen LogP contribution in [-0.2, 0) is 6.42 Å². The molecular formula is C18H14O2. The molecule has 1 heterocycles. The van der Waals surface area contributed by atoms with Gasteiger partial charge in [-0.15, -0.1) is 0 Å².